The molecule has 1 aliphatic heterocycles. The number of rotatable bonds is 6. The zero-order chi connectivity index (χ0) is 20.7. The smallest absolute Gasteiger partial charge is 0.254 e. The van der Waals surface area contributed by atoms with E-state index in [4.69, 9.17) is 9.26 Å². The highest BCUT2D eigenvalue weighted by Crippen LogP contribution is 2.34. The Kier molecular flexibility index (Phi) is 4.62. The number of nitrogens with one attached hydrogen (secondary N) is 1. The molecular formula is C21H22FN5O3. The van der Waals surface area contributed by atoms with E-state index >= 15 is 0 Å². The third kappa shape index (κ3) is 3.49. The molecule has 5 rings (SSSR count). The molecule has 1 atom stereocenters. The average Bonchev–Trinajstić information content (AvgIpc) is 3.46. The molecule has 0 radical (unpaired) electrons. The highest BCUT2D eigenvalue weighted by molar-refractivity contribution is 5.94. The lowest BCUT2D eigenvalue weighted by molar-refractivity contribution is -0.138. The first-order valence-electron chi connectivity index (χ1n) is 10.1. The summed E-state index contributed by atoms with van der Waals surface area (Å²) in [5.41, 5.74) is 2.19. The zero-order valence-corrected chi connectivity index (χ0v) is 16.6. The van der Waals surface area contributed by atoms with Crippen LogP contribution in [0.1, 0.15) is 46.8 Å². The molecule has 8 nitrogen and oxygen atoms in total. The van der Waals surface area contributed by atoms with Gasteiger partial charge in [-0.25, -0.2) is 4.39 Å². The molecule has 3 heterocycles. The van der Waals surface area contributed by atoms with Gasteiger partial charge in [0.15, 0.2) is 5.67 Å². The summed E-state index contributed by atoms with van der Waals surface area (Å²) in [5, 5.41) is 11.2. The molecular weight excluding hydrogens is 389 g/mol. The van der Waals surface area contributed by atoms with E-state index in [-0.39, 0.29) is 31.7 Å². The first-order valence-corrected chi connectivity index (χ1v) is 10.1. The number of benzene rings is 1. The molecule has 0 spiro atoms. The summed E-state index contributed by atoms with van der Waals surface area (Å²) in [5.74, 6) is 0.975. The van der Waals surface area contributed by atoms with Gasteiger partial charge in [-0.2, -0.15) is 10.1 Å². The zero-order valence-electron chi connectivity index (χ0n) is 16.6. The summed E-state index contributed by atoms with van der Waals surface area (Å²) in [4.78, 5) is 17.1. The third-order valence-electron chi connectivity index (χ3n) is 5.62. The van der Waals surface area contributed by atoms with Crippen molar-refractivity contribution in [3.05, 3.63) is 53.2 Å². The fraction of sp³-hybridized carbons (Fsp3) is 0.429. The Hall–Kier alpha value is -3.07. The highest BCUT2D eigenvalue weighted by Gasteiger charge is 2.39. The van der Waals surface area contributed by atoms with Gasteiger partial charge in [-0.3, -0.25) is 9.48 Å². The Labute approximate surface area is 172 Å². The molecule has 1 fully saturated rings. The Bertz CT molecular complexity index is 1090. The van der Waals surface area contributed by atoms with Crippen molar-refractivity contribution in [3.63, 3.8) is 0 Å². The van der Waals surface area contributed by atoms with E-state index in [1.807, 2.05) is 19.1 Å². The van der Waals surface area contributed by atoms with Gasteiger partial charge in [-0.05, 0) is 30.0 Å². The van der Waals surface area contributed by atoms with Crippen molar-refractivity contribution in [2.45, 2.75) is 44.4 Å². The maximum atomic E-state index is 14.2. The quantitative estimate of drug-likeness (QED) is 0.670. The van der Waals surface area contributed by atoms with Crippen LogP contribution in [0.15, 0.2) is 35.1 Å². The first kappa shape index (κ1) is 18.9. The molecule has 2 aromatic heterocycles. The minimum atomic E-state index is -1.39. The van der Waals surface area contributed by atoms with E-state index in [0.717, 1.165) is 24.0 Å². The van der Waals surface area contributed by atoms with Crippen LogP contribution in [0.5, 0.6) is 0 Å². The number of hydrogen-bond acceptors (Lipinski definition) is 6. The van der Waals surface area contributed by atoms with E-state index in [2.05, 4.69) is 26.6 Å². The van der Waals surface area contributed by atoms with E-state index in [0.29, 0.717) is 23.7 Å². The summed E-state index contributed by atoms with van der Waals surface area (Å²) in [7, 11) is 0. The molecule has 1 unspecified atom stereocenters. The Morgan fingerprint density at radius 3 is 3.00 bits per heavy atom. The number of hydrogen-bond donors (Lipinski definition) is 1. The van der Waals surface area contributed by atoms with Crippen LogP contribution in [0.25, 0.3) is 11.4 Å². The molecule has 1 amide bonds. The average molecular weight is 411 g/mol. The van der Waals surface area contributed by atoms with Crippen molar-refractivity contribution >= 4 is 5.91 Å². The van der Waals surface area contributed by atoms with Crippen molar-refractivity contribution in [1.82, 2.24) is 25.2 Å². The van der Waals surface area contributed by atoms with Crippen LogP contribution < -0.4 is 5.32 Å². The van der Waals surface area contributed by atoms with Crippen LogP contribution in [0.3, 0.4) is 0 Å². The van der Waals surface area contributed by atoms with Gasteiger partial charge in [0.1, 0.15) is 0 Å². The van der Waals surface area contributed by atoms with Gasteiger partial charge in [-0.15, -0.1) is 0 Å². The van der Waals surface area contributed by atoms with Crippen LogP contribution in [0.2, 0.25) is 0 Å². The molecule has 30 heavy (non-hydrogen) atoms. The minimum Gasteiger partial charge on any atom is -0.374 e. The molecule has 1 aliphatic carbocycles. The molecule has 9 heteroatoms. The predicted molar refractivity (Wildman–Crippen MR) is 105 cm³/mol. The Morgan fingerprint density at radius 2 is 2.27 bits per heavy atom. The Balaban J connectivity index is 1.27. The van der Waals surface area contributed by atoms with Crippen molar-refractivity contribution in [1.29, 1.82) is 0 Å². The standard InChI is InChI=1S/C21H22FN5O3/c1-2-18-25-19(26-30-18)14-3-5-16-13(7-14)4-6-17(16)24-20(28)15-8-23-27(9-15)10-21(22)11-29-12-21/h3,5,7-9,17H,2,4,6,10-12H2,1H3,(H,24,28). The maximum absolute atomic E-state index is 14.2. The summed E-state index contributed by atoms with van der Waals surface area (Å²) < 4.78 is 25.7. The summed E-state index contributed by atoms with van der Waals surface area (Å²) >= 11 is 0. The number of ether oxygens (including phenoxy) is 1. The normalized spacial score (nSPS) is 19.3. The number of carbonyl (C=O) groups is 1. The van der Waals surface area contributed by atoms with Gasteiger partial charge in [0.25, 0.3) is 5.91 Å². The molecule has 1 aromatic carbocycles. The lowest BCUT2D eigenvalue weighted by Gasteiger charge is -2.33. The van der Waals surface area contributed by atoms with E-state index < -0.39 is 5.67 Å². The lowest BCUT2D eigenvalue weighted by Crippen LogP contribution is -2.48. The van der Waals surface area contributed by atoms with Crippen LogP contribution in [-0.4, -0.2) is 44.7 Å². The number of aromatic nitrogens is 4. The molecule has 156 valence electrons. The summed E-state index contributed by atoms with van der Waals surface area (Å²) in [6.45, 7) is 2.19. The number of fused-ring (bicyclic) bond motifs is 1. The van der Waals surface area contributed by atoms with Gasteiger partial charge in [0.2, 0.25) is 11.7 Å². The second-order valence-electron chi connectivity index (χ2n) is 7.91. The second kappa shape index (κ2) is 7.32. The van der Waals surface area contributed by atoms with Crippen LogP contribution >= 0.6 is 0 Å². The summed E-state index contributed by atoms with van der Waals surface area (Å²) in [6, 6.07) is 5.95. The van der Waals surface area contributed by atoms with Crippen LogP contribution in [-0.2, 0) is 24.1 Å². The minimum absolute atomic E-state index is 0.0683. The first-order chi connectivity index (χ1) is 14.5. The third-order valence-corrected chi connectivity index (χ3v) is 5.62. The van der Waals surface area contributed by atoms with Gasteiger partial charge in [0, 0.05) is 18.2 Å². The van der Waals surface area contributed by atoms with Crippen molar-refractivity contribution in [2.75, 3.05) is 13.2 Å². The van der Waals surface area contributed by atoms with Gasteiger partial charge in [0.05, 0.1) is 37.6 Å². The van der Waals surface area contributed by atoms with Crippen LogP contribution in [0, 0.1) is 0 Å². The number of amides is 1. The molecule has 1 saturated heterocycles. The number of halogens is 1. The van der Waals surface area contributed by atoms with E-state index in [1.165, 1.54) is 16.4 Å². The number of alkyl halides is 1. The maximum Gasteiger partial charge on any atom is 0.254 e. The Morgan fingerprint density at radius 1 is 1.40 bits per heavy atom. The van der Waals surface area contributed by atoms with Crippen molar-refractivity contribution in [2.24, 2.45) is 0 Å². The SMILES string of the molecule is CCc1nc(-c2ccc3c(c2)CCC3NC(=O)c2cnn(CC3(F)COC3)c2)no1. The van der Waals surface area contributed by atoms with Crippen LogP contribution in [0.4, 0.5) is 4.39 Å². The number of nitrogens with zero attached hydrogens (tertiary/aromatic N) is 4. The number of aryl methyl sites for hydroxylation is 2. The summed E-state index contributed by atoms with van der Waals surface area (Å²) in [6.07, 6.45) is 5.42. The molecule has 0 saturated carbocycles. The lowest BCUT2D eigenvalue weighted by atomic mass is 10.0. The topological polar surface area (TPSA) is 95.1 Å². The van der Waals surface area contributed by atoms with Gasteiger partial charge >= 0.3 is 0 Å². The largest absolute Gasteiger partial charge is 0.374 e. The molecule has 1 N–H and O–H groups in total. The molecule has 3 aromatic rings. The fourth-order valence-electron chi connectivity index (χ4n) is 3.94. The monoisotopic (exact) mass is 411 g/mol. The predicted octanol–water partition coefficient (Wildman–Crippen LogP) is 2.65. The van der Waals surface area contributed by atoms with Gasteiger partial charge in [-0.1, -0.05) is 24.2 Å². The molecule has 2 aliphatic rings. The fourth-order valence-corrected chi connectivity index (χ4v) is 3.94. The molecule has 0 bridgehead atoms. The number of carbonyl (C=O) groups excluding carboxylic acids is 1. The highest BCUT2D eigenvalue weighted by atomic mass is 19.1. The second-order valence-corrected chi connectivity index (χ2v) is 7.91. The van der Waals surface area contributed by atoms with Gasteiger partial charge < -0.3 is 14.6 Å². The van der Waals surface area contributed by atoms with E-state index in [1.54, 1.807) is 6.20 Å². The van der Waals surface area contributed by atoms with Crippen molar-refractivity contribution in [3.8, 4) is 11.4 Å². The van der Waals surface area contributed by atoms with Crippen molar-refractivity contribution < 1.29 is 18.4 Å². The van der Waals surface area contributed by atoms with E-state index in [9.17, 15) is 9.18 Å².